The summed E-state index contributed by atoms with van der Waals surface area (Å²) in [5.74, 6) is 1.69. The third kappa shape index (κ3) is 20.5. The summed E-state index contributed by atoms with van der Waals surface area (Å²) in [6.45, 7) is 15.7. The van der Waals surface area contributed by atoms with Crippen LogP contribution in [0.15, 0.2) is 109 Å². The van der Waals surface area contributed by atoms with Crippen molar-refractivity contribution in [1.82, 2.24) is 0 Å². The zero-order valence-corrected chi connectivity index (χ0v) is 39.7. The van der Waals surface area contributed by atoms with Gasteiger partial charge >= 0.3 is 15.2 Å². The molecule has 1 atom stereocenters. The molecule has 0 aliphatic heterocycles. The molecule has 4 aromatic carbocycles. The van der Waals surface area contributed by atoms with E-state index >= 15 is 0 Å². The molecule has 0 aliphatic rings. The molecule has 316 valence electrons. The highest BCUT2D eigenvalue weighted by Crippen LogP contribution is 2.67. The molecule has 0 spiro atoms. The van der Waals surface area contributed by atoms with Gasteiger partial charge in [0.15, 0.2) is 0 Å². The molecule has 10 nitrogen and oxygen atoms in total. The van der Waals surface area contributed by atoms with E-state index in [1.807, 2.05) is 84.9 Å². The number of hydrogen-bond donors (Lipinski definition) is 0. The number of rotatable bonds is 21. The maximum atomic E-state index is 13.2. The molecular formula is C42H61BrO10P4. The first kappa shape index (κ1) is 50.9. The van der Waals surface area contributed by atoms with Crippen LogP contribution in [0.1, 0.15) is 49.9 Å². The Balaban J connectivity index is 0.000000326. The van der Waals surface area contributed by atoms with E-state index in [4.69, 9.17) is 27.6 Å². The first-order chi connectivity index (χ1) is 27.0. The Kier molecular flexibility index (Phi) is 23.2. The molecule has 1 unspecified atom stereocenters. The topological polar surface area (TPSA) is 124 Å². The van der Waals surface area contributed by atoms with Crippen LogP contribution in [0.2, 0.25) is 0 Å². The first-order valence-electron chi connectivity index (χ1n) is 18.9. The van der Waals surface area contributed by atoms with E-state index in [0.29, 0.717) is 32.8 Å². The van der Waals surface area contributed by atoms with E-state index in [1.54, 1.807) is 54.4 Å². The van der Waals surface area contributed by atoms with Crippen LogP contribution in [-0.4, -0.2) is 64.4 Å². The van der Waals surface area contributed by atoms with Gasteiger partial charge in [-0.2, -0.15) is 0 Å². The molecule has 0 aliphatic carbocycles. The molecule has 0 heterocycles. The monoisotopic (exact) mass is 928 g/mol. The Morgan fingerprint density at radius 3 is 1.23 bits per heavy atom. The molecule has 0 saturated heterocycles. The van der Waals surface area contributed by atoms with Crippen LogP contribution in [0.5, 0.6) is 11.5 Å². The fourth-order valence-electron chi connectivity index (χ4n) is 5.26. The van der Waals surface area contributed by atoms with Crippen LogP contribution in [-0.2, 0) is 61.3 Å². The molecule has 0 amide bonds. The van der Waals surface area contributed by atoms with Gasteiger partial charge in [0.25, 0.3) is 0 Å². The second-order valence-corrected chi connectivity index (χ2v) is 26.3. The number of ether oxygens (including phenoxy) is 2. The largest absolute Gasteiger partial charge is 0.489 e. The smallest absolute Gasteiger partial charge is 0.341 e. The molecule has 0 radical (unpaired) electrons. The fourth-order valence-corrected chi connectivity index (χ4v) is 15.8. The second kappa shape index (κ2) is 26.0. The molecule has 4 aromatic rings. The van der Waals surface area contributed by atoms with Crippen molar-refractivity contribution in [1.29, 1.82) is 0 Å². The molecule has 57 heavy (non-hydrogen) atoms. The minimum atomic E-state index is -3.48. The third-order valence-electron chi connectivity index (χ3n) is 7.78. The Labute approximate surface area is 349 Å². The zero-order chi connectivity index (χ0) is 42.4. The summed E-state index contributed by atoms with van der Waals surface area (Å²) in [5.41, 5.74) is 4.46. The van der Waals surface area contributed by atoms with Gasteiger partial charge in [-0.3, -0.25) is 9.13 Å². The van der Waals surface area contributed by atoms with Gasteiger partial charge < -0.3 is 36.7 Å². The molecule has 4 rings (SSSR count). The molecule has 15 heteroatoms. The van der Waals surface area contributed by atoms with Crippen molar-refractivity contribution in [2.45, 2.75) is 58.1 Å². The molecule has 0 aromatic heterocycles. The van der Waals surface area contributed by atoms with E-state index < -0.39 is 34.9 Å². The lowest BCUT2D eigenvalue weighted by atomic mass is 10.2. The molecule has 0 N–H and O–H groups in total. The minimum Gasteiger partial charge on any atom is -0.489 e. The predicted molar refractivity (Wildman–Crippen MR) is 240 cm³/mol. The van der Waals surface area contributed by atoms with Gasteiger partial charge in [0.2, 0.25) is 0 Å². The van der Waals surface area contributed by atoms with Crippen molar-refractivity contribution in [3.63, 3.8) is 0 Å². The summed E-state index contributed by atoms with van der Waals surface area (Å²) in [6, 6.07) is 35.8. The van der Waals surface area contributed by atoms with E-state index in [9.17, 15) is 18.3 Å². The van der Waals surface area contributed by atoms with E-state index in [1.165, 1.54) is 11.1 Å². The van der Waals surface area contributed by atoms with Crippen molar-refractivity contribution in [2.75, 3.05) is 59.0 Å². The first-order valence-corrected chi connectivity index (χ1v) is 28.8. The predicted octanol–water partition coefficient (Wildman–Crippen LogP) is 13.0. The minimum absolute atomic E-state index is 0.0294. The Bertz CT molecular complexity index is 1860. The number of hydrogen-bond acceptors (Lipinski definition) is 10. The SMILES string of the molecule is BrCc1ccc(OCc2ccccc2)cc1.CCOP(=O)(CP(C)(C)=O)OCC.CCOP(=O)(OCC)C(Cc1ccc(OCc2ccccc2)cc1)P(C)(C)=O. The van der Waals surface area contributed by atoms with Crippen molar-refractivity contribution < 1.29 is 45.8 Å². The number of benzene rings is 4. The third-order valence-corrected chi connectivity index (χ3v) is 20.1. The zero-order valence-electron chi connectivity index (χ0n) is 34.6. The van der Waals surface area contributed by atoms with Gasteiger partial charge in [0.05, 0.1) is 40.7 Å². The van der Waals surface area contributed by atoms with Crippen molar-refractivity contribution >= 4 is 45.4 Å². The van der Waals surface area contributed by atoms with Crippen LogP contribution in [0.4, 0.5) is 0 Å². The van der Waals surface area contributed by atoms with Gasteiger partial charge in [0, 0.05) is 5.33 Å². The van der Waals surface area contributed by atoms with Crippen LogP contribution in [0, 0.1) is 0 Å². The second-order valence-electron chi connectivity index (χ2n) is 13.6. The number of alkyl halides is 1. The number of halogens is 1. The highest BCUT2D eigenvalue weighted by Gasteiger charge is 2.43. The van der Waals surface area contributed by atoms with Gasteiger partial charge in [-0.1, -0.05) is 101 Å². The summed E-state index contributed by atoms with van der Waals surface area (Å²) in [6.07, 6.45) is 0.362. The Morgan fingerprint density at radius 2 is 0.895 bits per heavy atom. The van der Waals surface area contributed by atoms with Crippen molar-refractivity contribution in [3.8, 4) is 11.5 Å². The summed E-state index contributed by atoms with van der Waals surface area (Å²) in [5, 5.41) is 0.211. The lowest BCUT2D eigenvalue weighted by Gasteiger charge is -2.29. The summed E-state index contributed by atoms with van der Waals surface area (Å²) in [4.78, 5) is 0. The van der Waals surface area contributed by atoms with Gasteiger partial charge in [0.1, 0.15) is 36.0 Å². The van der Waals surface area contributed by atoms with Gasteiger partial charge in [-0.15, -0.1) is 0 Å². The van der Waals surface area contributed by atoms with Crippen molar-refractivity contribution in [3.05, 3.63) is 131 Å². The average Bonchev–Trinajstić information content (AvgIpc) is 3.16. The van der Waals surface area contributed by atoms with E-state index in [-0.39, 0.29) is 19.1 Å². The van der Waals surface area contributed by atoms with Crippen LogP contribution in [0.3, 0.4) is 0 Å². The van der Waals surface area contributed by atoms with Gasteiger partial charge in [-0.05, 0) is 107 Å². The molecular weight excluding hydrogens is 868 g/mol. The maximum absolute atomic E-state index is 13.2. The quantitative estimate of drug-likeness (QED) is 0.0589. The molecule has 0 bridgehead atoms. The van der Waals surface area contributed by atoms with Gasteiger partial charge in [-0.25, -0.2) is 0 Å². The Morgan fingerprint density at radius 1 is 0.509 bits per heavy atom. The van der Waals surface area contributed by atoms with E-state index in [2.05, 4.69) is 40.2 Å². The van der Waals surface area contributed by atoms with Crippen LogP contribution < -0.4 is 9.47 Å². The lowest BCUT2D eigenvalue weighted by molar-refractivity contribution is 0.217. The average molecular weight is 930 g/mol. The van der Waals surface area contributed by atoms with Crippen LogP contribution >= 0.6 is 45.4 Å². The van der Waals surface area contributed by atoms with Crippen molar-refractivity contribution in [2.24, 2.45) is 0 Å². The maximum Gasteiger partial charge on any atom is 0.341 e. The standard InChI is InChI=1S/C21H30O5P2.C14H13BrO.C7H18O4P2/c1-5-25-28(23,26-6-2)21(27(3,4)22)16-18-12-14-20(15-13-18)24-17-19-10-8-7-9-11-19;15-10-12-6-8-14(9-7-12)16-11-13-4-2-1-3-5-13;1-5-10-13(9,11-6-2)7-12(3,4)8/h7-15,21H,5-6,16-17H2,1-4H3;1-9H,10-11H2;5-7H2,1-4H3. The normalized spacial score (nSPS) is 12.4. The highest BCUT2D eigenvalue weighted by molar-refractivity contribution is 9.08. The highest BCUT2D eigenvalue weighted by atomic mass is 79.9. The summed E-state index contributed by atoms with van der Waals surface area (Å²) < 4.78 is 81.8. The molecule has 0 saturated carbocycles. The summed E-state index contributed by atoms with van der Waals surface area (Å²) >= 11 is 3.42. The van der Waals surface area contributed by atoms with Crippen LogP contribution in [0.25, 0.3) is 0 Å². The summed E-state index contributed by atoms with van der Waals surface area (Å²) in [7, 11) is -11.7. The molecule has 0 fully saturated rings. The lowest BCUT2D eigenvalue weighted by Crippen LogP contribution is -2.16. The van der Waals surface area contributed by atoms with E-state index in [0.717, 1.165) is 28.0 Å². The fraction of sp³-hybridized carbons (Fsp3) is 0.429. The Hall–Kier alpha value is -2.28.